The van der Waals surface area contributed by atoms with Crippen LogP contribution in [0.3, 0.4) is 0 Å². The van der Waals surface area contributed by atoms with Gasteiger partial charge in [0, 0.05) is 43.8 Å². The highest BCUT2D eigenvalue weighted by atomic mass is 79.9. The van der Waals surface area contributed by atoms with Gasteiger partial charge >= 0.3 is 5.97 Å². The number of ether oxygens (including phenoxy) is 3. The summed E-state index contributed by atoms with van der Waals surface area (Å²) in [6.45, 7) is 10.6. The fourth-order valence-corrected chi connectivity index (χ4v) is 4.62. The van der Waals surface area contributed by atoms with E-state index in [0.717, 1.165) is 0 Å². The molecule has 12 heteroatoms. The molecule has 0 spiro atoms. The number of carbonyl (C=O) groups excluding carboxylic acids is 2. The first-order valence-electron chi connectivity index (χ1n) is 13.4. The molecule has 0 aromatic heterocycles. The van der Waals surface area contributed by atoms with E-state index < -0.39 is 23.8 Å². The standard InChI is InChI=1S/C30H38FN3O7.BrH/c1-8-39-23-12-19-14-34(29(32)25(19)26(31)28(23)40-9-2)15-22(36)18-10-20(13-33(7)17(3)35)27(41-16-24(37)38)21(11-18)30(4,5)6;/h10-12,32H,8-9,13-16H2,1-7H3,(H,37,38);1H. The average molecular weight is 653 g/mol. The number of carboxylic acids is 1. The molecule has 10 nitrogen and oxygen atoms in total. The molecule has 0 saturated carbocycles. The number of halogens is 2. The first-order valence-corrected chi connectivity index (χ1v) is 13.4. The van der Waals surface area contributed by atoms with Gasteiger partial charge in [0.25, 0.3) is 0 Å². The Balaban J connectivity index is 0.00000616. The highest BCUT2D eigenvalue weighted by Crippen LogP contribution is 2.40. The minimum absolute atomic E-state index is 0. The van der Waals surface area contributed by atoms with Crippen LogP contribution in [0, 0.1) is 11.2 Å². The second-order valence-electron chi connectivity index (χ2n) is 10.9. The zero-order valence-electron chi connectivity index (χ0n) is 25.1. The fraction of sp³-hybridized carbons (Fsp3) is 0.467. The zero-order valence-corrected chi connectivity index (χ0v) is 26.8. The molecule has 0 saturated heterocycles. The molecule has 0 radical (unpaired) electrons. The Morgan fingerprint density at radius 1 is 1.07 bits per heavy atom. The predicted octanol–water partition coefficient (Wildman–Crippen LogP) is 4.96. The smallest absolute Gasteiger partial charge is 0.341 e. The number of nitrogens with one attached hydrogen (secondary N) is 1. The van der Waals surface area contributed by atoms with Crippen LogP contribution in [0.5, 0.6) is 17.2 Å². The number of carbonyl (C=O) groups is 3. The van der Waals surface area contributed by atoms with Gasteiger partial charge in [0.2, 0.25) is 5.91 Å². The van der Waals surface area contributed by atoms with Crippen LogP contribution in [0.25, 0.3) is 0 Å². The number of amidine groups is 1. The van der Waals surface area contributed by atoms with E-state index in [2.05, 4.69) is 0 Å². The topological polar surface area (TPSA) is 129 Å². The SMILES string of the molecule is Br.CCOc1cc2c(c(F)c1OCC)C(=N)N(CC(=O)c1cc(CN(C)C(C)=O)c(OCC(=O)O)c(C(C)(C)C)c1)C2. The molecule has 0 aliphatic carbocycles. The van der Waals surface area contributed by atoms with E-state index in [1.165, 1.54) is 16.7 Å². The Labute approximate surface area is 256 Å². The number of aliphatic carboxylic acids is 1. The zero-order chi connectivity index (χ0) is 30.6. The van der Waals surface area contributed by atoms with Gasteiger partial charge in [0.15, 0.2) is 29.7 Å². The van der Waals surface area contributed by atoms with Crippen molar-refractivity contribution >= 4 is 40.5 Å². The number of hydrogen-bond acceptors (Lipinski definition) is 7. The lowest BCUT2D eigenvalue weighted by molar-refractivity contribution is -0.139. The molecule has 2 aromatic rings. The van der Waals surface area contributed by atoms with Crippen molar-refractivity contribution < 1.29 is 38.1 Å². The van der Waals surface area contributed by atoms with Crippen LogP contribution in [-0.4, -0.2) is 71.8 Å². The van der Waals surface area contributed by atoms with Crippen LogP contribution in [-0.2, 0) is 28.1 Å². The van der Waals surface area contributed by atoms with Crippen molar-refractivity contribution in [2.24, 2.45) is 0 Å². The minimum Gasteiger partial charge on any atom is -0.490 e. The molecule has 0 atom stereocenters. The van der Waals surface area contributed by atoms with E-state index in [1.807, 2.05) is 20.8 Å². The van der Waals surface area contributed by atoms with E-state index in [1.54, 1.807) is 39.1 Å². The van der Waals surface area contributed by atoms with Crippen LogP contribution in [0.15, 0.2) is 18.2 Å². The van der Waals surface area contributed by atoms with Crippen LogP contribution in [0.4, 0.5) is 4.39 Å². The molecule has 2 N–H and O–H groups in total. The lowest BCUT2D eigenvalue weighted by Gasteiger charge is -2.27. The number of rotatable bonds is 12. The van der Waals surface area contributed by atoms with Crippen LogP contribution >= 0.6 is 17.0 Å². The van der Waals surface area contributed by atoms with Gasteiger partial charge in [0.1, 0.15) is 11.6 Å². The minimum atomic E-state index is -1.16. The van der Waals surface area contributed by atoms with Crippen molar-refractivity contribution in [2.75, 3.05) is 33.4 Å². The van der Waals surface area contributed by atoms with Crippen molar-refractivity contribution in [2.45, 2.75) is 60.0 Å². The molecule has 0 fully saturated rings. The van der Waals surface area contributed by atoms with Gasteiger partial charge in [0.05, 0.1) is 25.3 Å². The van der Waals surface area contributed by atoms with Gasteiger partial charge < -0.3 is 29.1 Å². The third kappa shape index (κ3) is 7.58. The summed E-state index contributed by atoms with van der Waals surface area (Å²) in [5.41, 5.74) is 1.43. The molecular weight excluding hydrogens is 613 g/mol. The Bertz CT molecular complexity index is 1370. The van der Waals surface area contributed by atoms with Gasteiger partial charge in [-0.05, 0) is 43.0 Å². The first kappa shape index (κ1) is 34.5. The number of hydrogen-bond donors (Lipinski definition) is 2. The highest BCUT2D eigenvalue weighted by molar-refractivity contribution is 8.93. The summed E-state index contributed by atoms with van der Waals surface area (Å²) in [7, 11) is 1.60. The van der Waals surface area contributed by atoms with E-state index in [-0.39, 0.29) is 77.8 Å². The lowest BCUT2D eigenvalue weighted by Crippen LogP contribution is -2.31. The average Bonchev–Trinajstić information content (AvgIpc) is 3.19. The van der Waals surface area contributed by atoms with Gasteiger partial charge in [-0.15, -0.1) is 17.0 Å². The van der Waals surface area contributed by atoms with E-state index >= 15 is 4.39 Å². The first-order chi connectivity index (χ1) is 19.2. The molecule has 2 aromatic carbocycles. The molecule has 1 aliphatic heterocycles. The Morgan fingerprint density at radius 3 is 2.26 bits per heavy atom. The number of Topliss-reactive ketones (excluding diaryl/α,β-unsaturated/α-hetero) is 1. The second-order valence-corrected chi connectivity index (χ2v) is 10.9. The summed E-state index contributed by atoms with van der Waals surface area (Å²) in [6.07, 6.45) is 0. The summed E-state index contributed by atoms with van der Waals surface area (Å²) in [5.74, 6) is -2.04. The molecule has 3 rings (SSSR count). The molecular formula is C30H39BrFN3O7. The van der Waals surface area contributed by atoms with Crippen molar-refractivity contribution in [3.63, 3.8) is 0 Å². The highest BCUT2D eigenvalue weighted by Gasteiger charge is 2.34. The third-order valence-corrected chi connectivity index (χ3v) is 6.69. The summed E-state index contributed by atoms with van der Waals surface area (Å²) >= 11 is 0. The van der Waals surface area contributed by atoms with E-state index in [9.17, 15) is 19.5 Å². The second kappa shape index (κ2) is 14.0. The van der Waals surface area contributed by atoms with Gasteiger partial charge in [-0.2, -0.15) is 0 Å². The van der Waals surface area contributed by atoms with Crippen molar-refractivity contribution in [1.82, 2.24) is 9.80 Å². The monoisotopic (exact) mass is 651 g/mol. The quantitative estimate of drug-likeness (QED) is 0.308. The Kier molecular flexibility index (Phi) is 11.5. The summed E-state index contributed by atoms with van der Waals surface area (Å²) in [6, 6.07) is 4.89. The van der Waals surface area contributed by atoms with Crippen LogP contribution in [0.1, 0.15) is 74.2 Å². The van der Waals surface area contributed by atoms with E-state index in [0.29, 0.717) is 34.6 Å². The largest absolute Gasteiger partial charge is 0.490 e. The number of benzene rings is 2. The number of ketones is 1. The maximum absolute atomic E-state index is 15.5. The van der Waals surface area contributed by atoms with Gasteiger partial charge in [-0.25, -0.2) is 9.18 Å². The molecule has 0 unspecified atom stereocenters. The molecule has 230 valence electrons. The summed E-state index contributed by atoms with van der Waals surface area (Å²) in [5, 5.41) is 17.9. The summed E-state index contributed by atoms with van der Waals surface area (Å²) in [4.78, 5) is 39.9. The number of nitrogens with zero attached hydrogens (tertiary/aromatic N) is 2. The maximum atomic E-state index is 15.5. The Hall–Kier alpha value is -3.67. The van der Waals surface area contributed by atoms with Gasteiger partial charge in [-0.3, -0.25) is 15.0 Å². The van der Waals surface area contributed by atoms with Gasteiger partial charge in [-0.1, -0.05) is 20.8 Å². The maximum Gasteiger partial charge on any atom is 0.341 e. The molecule has 1 amide bonds. The molecule has 1 heterocycles. The molecule has 0 bridgehead atoms. The van der Waals surface area contributed by atoms with Crippen molar-refractivity contribution in [3.8, 4) is 17.2 Å². The van der Waals surface area contributed by atoms with E-state index in [4.69, 9.17) is 19.6 Å². The number of amides is 1. The third-order valence-electron chi connectivity index (χ3n) is 6.69. The summed E-state index contributed by atoms with van der Waals surface area (Å²) < 4.78 is 32.2. The number of carboxylic acid groups (broad SMARTS) is 1. The molecule has 42 heavy (non-hydrogen) atoms. The number of fused-ring (bicyclic) bond motifs is 1. The molecule has 1 aliphatic rings. The predicted molar refractivity (Wildman–Crippen MR) is 161 cm³/mol. The van der Waals surface area contributed by atoms with Crippen molar-refractivity contribution in [3.05, 3.63) is 51.8 Å². The fourth-order valence-electron chi connectivity index (χ4n) is 4.62. The lowest BCUT2D eigenvalue weighted by atomic mass is 9.83. The van der Waals surface area contributed by atoms with Crippen LogP contribution < -0.4 is 14.2 Å². The Morgan fingerprint density at radius 2 is 1.71 bits per heavy atom. The van der Waals surface area contributed by atoms with Crippen molar-refractivity contribution in [1.29, 1.82) is 5.41 Å². The van der Waals surface area contributed by atoms with Crippen LogP contribution in [0.2, 0.25) is 0 Å². The normalized spacial score (nSPS) is 12.4.